The number of pyridine rings is 1. The van der Waals surface area contributed by atoms with Gasteiger partial charge in [-0.2, -0.15) is 5.10 Å². The zero-order valence-corrected chi connectivity index (χ0v) is 10.9. The van der Waals surface area contributed by atoms with Crippen molar-refractivity contribution in [2.45, 2.75) is 6.92 Å². The molecule has 20 heavy (non-hydrogen) atoms. The van der Waals surface area contributed by atoms with Crippen LogP contribution in [0.3, 0.4) is 0 Å². The molecule has 2 aromatic heterocycles. The highest BCUT2D eigenvalue weighted by atomic mass is 16.3. The van der Waals surface area contributed by atoms with Crippen molar-refractivity contribution < 1.29 is 10.2 Å². The van der Waals surface area contributed by atoms with Crippen molar-refractivity contribution >= 4 is 0 Å². The van der Waals surface area contributed by atoms with Gasteiger partial charge in [0.15, 0.2) is 17.3 Å². The fourth-order valence-corrected chi connectivity index (χ4v) is 2.04. The quantitative estimate of drug-likeness (QED) is 0.700. The molecule has 5 heteroatoms. The van der Waals surface area contributed by atoms with Gasteiger partial charge in [-0.05, 0) is 43.3 Å². The van der Waals surface area contributed by atoms with Crippen LogP contribution in [0.25, 0.3) is 17.1 Å². The molecular formula is C15H13N3O2. The van der Waals surface area contributed by atoms with Gasteiger partial charge in [0.1, 0.15) is 0 Å². The van der Waals surface area contributed by atoms with Crippen molar-refractivity contribution in [1.29, 1.82) is 0 Å². The van der Waals surface area contributed by atoms with Crippen molar-refractivity contribution in [1.82, 2.24) is 14.8 Å². The van der Waals surface area contributed by atoms with E-state index in [0.29, 0.717) is 5.82 Å². The summed E-state index contributed by atoms with van der Waals surface area (Å²) in [7, 11) is 0. The van der Waals surface area contributed by atoms with Crippen molar-refractivity contribution in [3.05, 3.63) is 54.4 Å². The summed E-state index contributed by atoms with van der Waals surface area (Å²) in [4.78, 5) is 4.28. The highest BCUT2D eigenvalue weighted by Crippen LogP contribution is 2.31. The van der Waals surface area contributed by atoms with Gasteiger partial charge in [-0.25, -0.2) is 9.67 Å². The highest BCUT2D eigenvalue weighted by Gasteiger charge is 2.12. The molecular weight excluding hydrogens is 254 g/mol. The molecule has 3 aromatic rings. The summed E-state index contributed by atoms with van der Waals surface area (Å²) >= 11 is 0. The number of rotatable bonds is 2. The molecule has 0 aliphatic heterocycles. The average molecular weight is 267 g/mol. The zero-order valence-electron chi connectivity index (χ0n) is 10.9. The van der Waals surface area contributed by atoms with Crippen molar-refractivity contribution in [2.24, 2.45) is 0 Å². The molecule has 0 atom stereocenters. The van der Waals surface area contributed by atoms with E-state index in [0.717, 1.165) is 17.0 Å². The normalized spacial score (nSPS) is 10.7. The van der Waals surface area contributed by atoms with Crippen molar-refractivity contribution in [2.75, 3.05) is 0 Å². The van der Waals surface area contributed by atoms with Crippen molar-refractivity contribution in [3.8, 4) is 28.6 Å². The minimum Gasteiger partial charge on any atom is -0.504 e. The number of nitrogens with zero attached hydrogens (tertiary/aromatic N) is 3. The predicted molar refractivity (Wildman–Crippen MR) is 74.9 cm³/mol. The van der Waals surface area contributed by atoms with Gasteiger partial charge in [0.2, 0.25) is 0 Å². The van der Waals surface area contributed by atoms with Crippen LogP contribution in [-0.2, 0) is 0 Å². The lowest BCUT2D eigenvalue weighted by molar-refractivity contribution is 0.404. The lowest BCUT2D eigenvalue weighted by Gasteiger charge is -2.07. The molecule has 0 amide bonds. The average Bonchev–Trinajstić information content (AvgIpc) is 2.85. The van der Waals surface area contributed by atoms with E-state index in [1.807, 2.05) is 31.2 Å². The van der Waals surface area contributed by atoms with Gasteiger partial charge in [-0.1, -0.05) is 6.07 Å². The van der Waals surface area contributed by atoms with Crippen LogP contribution < -0.4 is 0 Å². The molecule has 2 heterocycles. The number of hydrogen-bond acceptors (Lipinski definition) is 4. The van der Waals surface area contributed by atoms with E-state index in [2.05, 4.69) is 10.1 Å². The minimum absolute atomic E-state index is 0.144. The first-order valence-electron chi connectivity index (χ1n) is 6.15. The molecule has 0 aliphatic carbocycles. The Hall–Kier alpha value is -2.82. The van der Waals surface area contributed by atoms with Gasteiger partial charge >= 0.3 is 0 Å². The van der Waals surface area contributed by atoms with E-state index in [9.17, 15) is 10.2 Å². The molecule has 0 aliphatic rings. The van der Waals surface area contributed by atoms with Gasteiger partial charge in [0.05, 0.1) is 11.4 Å². The topological polar surface area (TPSA) is 71.2 Å². The second-order valence-corrected chi connectivity index (χ2v) is 4.47. The number of aromatic nitrogens is 3. The van der Waals surface area contributed by atoms with Gasteiger partial charge in [0, 0.05) is 11.8 Å². The summed E-state index contributed by atoms with van der Waals surface area (Å²) < 4.78 is 1.71. The largest absolute Gasteiger partial charge is 0.504 e. The number of phenolic OH excluding ortho intramolecular Hbond substituents is 2. The number of benzene rings is 1. The van der Waals surface area contributed by atoms with Crippen molar-refractivity contribution in [3.63, 3.8) is 0 Å². The third-order valence-corrected chi connectivity index (χ3v) is 2.97. The van der Waals surface area contributed by atoms with Crippen LogP contribution in [-0.4, -0.2) is 25.0 Å². The Labute approximate surface area is 115 Å². The summed E-state index contributed by atoms with van der Waals surface area (Å²) in [6.45, 7) is 1.89. The maximum absolute atomic E-state index is 9.63. The Morgan fingerprint density at radius 3 is 2.55 bits per heavy atom. The number of phenols is 2. The minimum atomic E-state index is -0.158. The second kappa shape index (κ2) is 4.70. The second-order valence-electron chi connectivity index (χ2n) is 4.47. The van der Waals surface area contributed by atoms with Crippen LogP contribution in [0.2, 0.25) is 0 Å². The van der Waals surface area contributed by atoms with E-state index in [4.69, 9.17) is 0 Å². The molecule has 0 saturated carbocycles. The highest BCUT2D eigenvalue weighted by molar-refractivity contribution is 5.65. The Balaban J connectivity index is 2.17. The molecule has 0 radical (unpaired) electrons. The Morgan fingerprint density at radius 1 is 1.00 bits per heavy atom. The van der Waals surface area contributed by atoms with Crippen LogP contribution >= 0.6 is 0 Å². The fourth-order valence-electron chi connectivity index (χ4n) is 2.04. The molecule has 1 aromatic carbocycles. The smallest absolute Gasteiger partial charge is 0.158 e. The Kier molecular flexibility index (Phi) is 2.87. The molecule has 0 unspecified atom stereocenters. The van der Waals surface area contributed by atoms with E-state index >= 15 is 0 Å². The Bertz CT molecular complexity index is 751. The molecule has 0 fully saturated rings. The summed E-state index contributed by atoms with van der Waals surface area (Å²) in [6, 6.07) is 12.2. The van der Waals surface area contributed by atoms with Crippen LogP contribution in [0, 0.1) is 6.92 Å². The summed E-state index contributed by atoms with van der Waals surface area (Å²) in [5.74, 6) is 0.395. The van der Waals surface area contributed by atoms with Crippen LogP contribution in [0.15, 0.2) is 48.7 Å². The monoisotopic (exact) mass is 267 g/mol. The predicted octanol–water partition coefficient (Wildman–Crippen LogP) is 2.65. The molecule has 3 rings (SSSR count). The molecule has 100 valence electrons. The number of aryl methyl sites for hydroxylation is 1. The lowest BCUT2D eigenvalue weighted by Crippen LogP contribution is -2.01. The van der Waals surface area contributed by atoms with E-state index < -0.39 is 0 Å². The maximum atomic E-state index is 9.63. The molecule has 5 nitrogen and oxygen atoms in total. The number of aromatic hydroxyl groups is 2. The maximum Gasteiger partial charge on any atom is 0.158 e. The third-order valence-electron chi connectivity index (χ3n) is 2.97. The number of hydrogen-bond donors (Lipinski definition) is 2. The van der Waals surface area contributed by atoms with Crippen LogP contribution in [0.5, 0.6) is 11.5 Å². The van der Waals surface area contributed by atoms with Gasteiger partial charge in [-0.15, -0.1) is 0 Å². The van der Waals surface area contributed by atoms with Gasteiger partial charge in [-0.3, -0.25) is 0 Å². The summed E-state index contributed by atoms with van der Waals surface area (Å²) in [5, 5.41) is 23.5. The molecule has 0 bridgehead atoms. The van der Waals surface area contributed by atoms with E-state index in [1.54, 1.807) is 16.9 Å². The molecule has 2 N–H and O–H groups in total. The third kappa shape index (κ3) is 2.09. The fraction of sp³-hybridized carbons (Fsp3) is 0.0667. The van der Waals surface area contributed by atoms with Crippen LogP contribution in [0.1, 0.15) is 5.69 Å². The SMILES string of the molecule is Cc1cc(-c2ccc(O)c(O)c2)n(-c2ccccn2)n1. The first-order chi connectivity index (χ1) is 9.65. The first-order valence-corrected chi connectivity index (χ1v) is 6.15. The van der Waals surface area contributed by atoms with E-state index in [1.165, 1.54) is 12.1 Å². The summed E-state index contributed by atoms with van der Waals surface area (Å²) in [6.07, 6.45) is 1.70. The van der Waals surface area contributed by atoms with Crippen LogP contribution in [0.4, 0.5) is 0 Å². The van der Waals surface area contributed by atoms with Gasteiger partial charge in [0.25, 0.3) is 0 Å². The lowest BCUT2D eigenvalue weighted by atomic mass is 10.1. The first kappa shape index (κ1) is 12.2. The standard InChI is InChI=1S/C15H13N3O2/c1-10-8-12(11-5-6-13(19)14(20)9-11)18(17-10)15-4-2-3-7-16-15/h2-9,19-20H,1H3. The van der Waals surface area contributed by atoms with E-state index in [-0.39, 0.29) is 11.5 Å². The molecule has 0 saturated heterocycles. The Morgan fingerprint density at radius 2 is 1.85 bits per heavy atom. The summed E-state index contributed by atoms with van der Waals surface area (Å²) in [5.41, 5.74) is 2.40. The van der Waals surface area contributed by atoms with Gasteiger partial charge < -0.3 is 10.2 Å². The molecule has 0 spiro atoms. The zero-order chi connectivity index (χ0) is 14.1.